The van der Waals surface area contributed by atoms with Crippen molar-refractivity contribution in [3.05, 3.63) is 112 Å². The van der Waals surface area contributed by atoms with Gasteiger partial charge in [0, 0.05) is 55.0 Å². The molecule has 4 rings (SSSR count). The molecule has 0 spiro atoms. The fourth-order valence-corrected chi connectivity index (χ4v) is 5.71. The molecule has 0 aliphatic carbocycles. The zero-order valence-corrected chi connectivity index (χ0v) is 28.7. The third-order valence-electron chi connectivity index (χ3n) is 8.12. The molecule has 0 aliphatic heterocycles. The Balaban J connectivity index is 0.00000625. The van der Waals surface area contributed by atoms with Crippen LogP contribution in [0.4, 0.5) is 8.78 Å². The lowest BCUT2D eigenvalue weighted by molar-refractivity contribution is 0.0554. The SMILES string of the molecule is CCCN(CCC)C(=O)c1cc(C(=O)N(Cc2cccc(CC)c2)C[C@@H](O)[C@@H](N)Cc2cc(F)cc(F)c2)cc(-c2conc2C)c1.Cl. The van der Waals surface area contributed by atoms with E-state index in [0.29, 0.717) is 41.0 Å². The molecule has 0 saturated heterocycles. The fourth-order valence-electron chi connectivity index (χ4n) is 5.71. The summed E-state index contributed by atoms with van der Waals surface area (Å²) in [6.45, 7) is 8.98. The first-order chi connectivity index (χ1) is 22.5. The van der Waals surface area contributed by atoms with Crippen molar-refractivity contribution in [3.63, 3.8) is 0 Å². The number of aliphatic hydroxyl groups is 1. The second kappa shape index (κ2) is 17.9. The largest absolute Gasteiger partial charge is 0.390 e. The van der Waals surface area contributed by atoms with Crippen LogP contribution in [0.15, 0.2) is 71.4 Å². The van der Waals surface area contributed by atoms with E-state index in [4.69, 9.17) is 10.3 Å². The van der Waals surface area contributed by atoms with Gasteiger partial charge in [-0.25, -0.2) is 8.78 Å². The van der Waals surface area contributed by atoms with E-state index in [0.717, 1.165) is 36.5 Å². The summed E-state index contributed by atoms with van der Waals surface area (Å²) < 4.78 is 32.9. The van der Waals surface area contributed by atoms with Crippen LogP contribution in [0.1, 0.15) is 76.7 Å². The molecule has 2 atom stereocenters. The van der Waals surface area contributed by atoms with Crippen LogP contribution in [0, 0.1) is 18.6 Å². The van der Waals surface area contributed by atoms with Crippen LogP contribution in [0.25, 0.3) is 11.1 Å². The summed E-state index contributed by atoms with van der Waals surface area (Å²) >= 11 is 0. The van der Waals surface area contributed by atoms with Gasteiger partial charge in [-0.3, -0.25) is 9.59 Å². The van der Waals surface area contributed by atoms with Gasteiger partial charge in [-0.05, 0) is 85.2 Å². The minimum atomic E-state index is -1.23. The number of amides is 2. The Kier molecular flexibility index (Phi) is 14.3. The summed E-state index contributed by atoms with van der Waals surface area (Å²) in [5.74, 6) is -2.08. The van der Waals surface area contributed by atoms with Gasteiger partial charge in [-0.1, -0.05) is 50.2 Å². The molecule has 48 heavy (non-hydrogen) atoms. The van der Waals surface area contributed by atoms with Crippen molar-refractivity contribution in [2.24, 2.45) is 5.73 Å². The molecule has 3 N–H and O–H groups in total. The van der Waals surface area contributed by atoms with E-state index in [-0.39, 0.29) is 43.4 Å². The number of nitrogens with zero attached hydrogens (tertiary/aromatic N) is 3. The molecule has 258 valence electrons. The molecule has 8 nitrogen and oxygen atoms in total. The Labute approximate surface area is 287 Å². The summed E-state index contributed by atoms with van der Waals surface area (Å²) in [6.07, 6.45) is 2.62. The van der Waals surface area contributed by atoms with Crippen molar-refractivity contribution < 1.29 is 28.0 Å². The number of rotatable bonds is 15. The van der Waals surface area contributed by atoms with Gasteiger partial charge < -0.3 is 25.2 Å². The molecule has 0 fully saturated rings. The number of aliphatic hydroxyl groups excluding tert-OH is 1. The number of hydrogen-bond donors (Lipinski definition) is 2. The Hall–Kier alpha value is -4.12. The molecule has 1 aromatic heterocycles. The summed E-state index contributed by atoms with van der Waals surface area (Å²) in [6, 6.07) is 15.0. The van der Waals surface area contributed by atoms with Gasteiger partial charge in [0.05, 0.1) is 11.8 Å². The third kappa shape index (κ3) is 9.95. The second-order valence-electron chi connectivity index (χ2n) is 12.0. The Morgan fingerprint density at radius 2 is 1.48 bits per heavy atom. The lowest BCUT2D eigenvalue weighted by Crippen LogP contribution is -2.46. The van der Waals surface area contributed by atoms with Crippen LogP contribution in [0.3, 0.4) is 0 Å². The first-order valence-corrected chi connectivity index (χ1v) is 16.1. The maximum absolute atomic E-state index is 14.4. The summed E-state index contributed by atoms with van der Waals surface area (Å²) in [5, 5.41) is 15.2. The maximum atomic E-state index is 14.4. The number of hydrogen-bond acceptors (Lipinski definition) is 6. The maximum Gasteiger partial charge on any atom is 0.254 e. The number of carbonyl (C=O) groups excluding carboxylic acids is 2. The van der Waals surface area contributed by atoms with Gasteiger partial charge in [-0.2, -0.15) is 0 Å². The Morgan fingerprint density at radius 1 is 0.875 bits per heavy atom. The molecule has 0 radical (unpaired) electrons. The summed E-state index contributed by atoms with van der Waals surface area (Å²) in [5.41, 5.74) is 11.0. The van der Waals surface area contributed by atoms with Crippen LogP contribution in [-0.2, 0) is 19.4 Å². The molecule has 1 heterocycles. The predicted octanol–water partition coefficient (Wildman–Crippen LogP) is 6.75. The number of aromatic nitrogens is 1. The molecule has 0 unspecified atom stereocenters. The van der Waals surface area contributed by atoms with Gasteiger partial charge in [0.15, 0.2) is 0 Å². The van der Waals surface area contributed by atoms with E-state index in [9.17, 15) is 23.5 Å². The average Bonchev–Trinajstić information content (AvgIpc) is 3.48. The Morgan fingerprint density at radius 3 is 2.04 bits per heavy atom. The third-order valence-corrected chi connectivity index (χ3v) is 8.12. The van der Waals surface area contributed by atoms with Crippen molar-refractivity contribution in [1.82, 2.24) is 15.0 Å². The molecule has 2 amide bonds. The first-order valence-electron chi connectivity index (χ1n) is 16.1. The molecular weight excluding hydrogens is 638 g/mol. The van der Waals surface area contributed by atoms with Gasteiger partial charge >= 0.3 is 0 Å². The molecule has 0 aliphatic rings. The van der Waals surface area contributed by atoms with Crippen LogP contribution in [-0.4, -0.2) is 63.7 Å². The lowest BCUT2D eigenvalue weighted by Gasteiger charge is -2.29. The minimum absolute atomic E-state index is 0. The first kappa shape index (κ1) is 38.3. The fraction of sp³-hybridized carbons (Fsp3) is 0.378. The van der Waals surface area contributed by atoms with E-state index in [1.54, 1.807) is 30.0 Å². The van der Waals surface area contributed by atoms with Gasteiger partial charge in [0.2, 0.25) is 0 Å². The quantitative estimate of drug-likeness (QED) is 0.144. The number of halogens is 3. The highest BCUT2D eigenvalue weighted by molar-refractivity contribution is 6.01. The van der Waals surface area contributed by atoms with E-state index < -0.39 is 29.7 Å². The van der Waals surface area contributed by atoms with Crippen LogP contribution in [0.2, 0.25) is 0 Å². The highest BCUT2D eigenvalue weighted by Gasteiger charge is 2.26. The zero-order chi connectivity index (χ0) is 34.1. The van der Waals surface area contributed by atoms with Gasteiger partial charge in [0.1, 0.15) is 17.9 Å². The standard InChI is InChI=1S/C37H44F2N4O4.ClH/c1-5-11-42(12-6-2)36(45)29-17-28(33-23-47-41-24(33)4)18-30(19-29)37(46)43(21-26-10-8-9-25(7-3)13-26)22-35(44)34(40)16-27-14-31(38)20-32(39)15-27;/h8-10,13-15,17-20,23,34-35,44H,5-7,11-12,16,21-22,40H2,1-4H3;1H/t34-,35+;/m0./s1. The van der Waals surface area contributed by atoms with Crippen LogP contribution in [0.5, 0.6) is 0 Å². The normalized spacial score (nSPS) is 12.2. The van der Waals surface area contributed by atoms with E-state index in [1.807, 2.05) is 45.0 Å². The molecular formula is C37H45ClF2N4O4. The molecule has 3 aromatic carbocycles. The molecule has 0 saturated carbocycles. The number of benzene rings is 3. The summed E-state index contributed by atoms with van der Waals surface area (Å²) in [4.78, 5) is 31.5. The smallest absolute Gasteiger partial charge is 0.254 e. The number of nitrogens with two attached hydrogens (primary N) is 1. The average molecular weight is 683 g/mol. The highest BCUT2D eigenvalue weighted by Crippen LogP contribution is 2.27. The van der Waals surface area contributed by atoms with Crippen LogP contribution < -0.4 is 5.73 Å². The second-order valence-corrected chi connectivity index (χ2v) is 12.0. The molecule has 0 bridgehead atoms. The van der Waals surface area contributed by atoms with Gasteiger partial charge in [0.25, 0.3) is 11.8 Å². The predicted molar refractivity (Wildman–Crippen MR) is 185 cm³/mol. The highest BCUT2D eigenvalue weighted by atomic mass is 35.5. The van der Waals surface area contributed by atoms with E-state index >= 15 is 0 Å². The van der Waals surface area contributed by atoms with Crippen molar-refractivity contribution in [2.45, 2.75) is 72.1 Å². The van der Waals surface area contributed by atoms with Crippen molar-refractivity contribution in [3.8, 4) is 11.1 Å². The van der Waals surface area contributed by atoms with Crippen molar-refractivity contribution in [2.75, 3.05) is 19.6 Å². The number of carbonyl (C=O) groups is 2. The number of aryl methyl sites for hydroxylation is 2. The lowest BCUT2D eigenvalue weighted by atomic mass is 9.98. The van der Waals surface area contributed by atoms with Crippen molar-refractivity contribution in [1.29, 1.82) is 0 Å². The van der Waals surface area contributed by atoms with Crippen LogP contribution >= 0.6 is 12.4 Å². The van der Waals surface area contributed by atoms with Crippen molar-refractivity contribution >= 4 is 24.2 Å². The molecule has 11 heteroatoms. The monoisotopic (exact) mass is 682 g/mol. The Bertz CT molecular complexity index is 1650. The zero-order valence-electron chi connectivity index (χ0n) is 27.9. The van der Waals surface area contributed by atoms with E-state index in [1.165, 1.54) is 23.3 Å². The topological polar surface area (TPSA) is 113 Å². The summed E-state index contributed by atoms with van der Waals surface area (Å²) in [7, 11) is 0. The molecule has 4 aromatic rings. The minimum Gasteiger partial charge on any atom is -0.390 e. The van der Waals surface area contributed by atoms with Gasteiger partial charge in [-0.15, -0.1) is 12.4 Å². The van der Waals surface area contributed by atoms with E-state index in [2.05, 4.69) is 5.16 Å².